The van der Waals surface area contributed by atoms with Crippen LogP contribution in [0.25, 0.3) is 0 Å². The molecular weight excluding hydrogens is 332 g/mol. The molecule has 0 fully saturated rings. The molecule has 4 nitrogen and oxygen atoms in total. The van der Waals surface area contributed by atoms with Gasteiger partial charge in [0.25, 0.3) is 0 Å². The molecule has 0 saturated carbocycles. The molecule has 0 aromatic heterocycles. The third-order valence-corrected chi connectivity index (χ3v) is 16.0. The molecule has 8 heteroatoms. The van der Waals surface area contributed by atoms with Crippen LogP contribution >= 0.6 is 0 Å². The smallest absolute Gasteiger partial charge is 0.315 e. The molecule has 2 radical (unpaired) electrons. The van der Waals surface area contributed by atoms with Crippen LogP contribution in [-0.2, 0) is 17.1 Å². The minimum absolute atomic E-state index is 0.540. The zero-order valence-electron chi connectivity index (χ0n) is 15.3. The lowest BCUT2D eigenvalue weighted by molar-refractivity contribution is 0.236. The minimum Gasteiger partial charge on any atom is -0.437 e. The lowest BCUT2D eigenvalue weighted by Gasteiger charge is -2.41. The number of hydrogen-bond acceptors (Lipinski definition) is 4. The van der Waals surface area contributed by atoms with Gasteiger partial charge in [0.2, 0.25) is 0 Å². The zero-order valence-corrected chi connectivity index (χ0v) is 19.3. The zero-order chi connectivity index (χ0) is 16.9. The van der Waals surface area contributed by atoms with Crippen molar-refractivity contribution in [3.63, 3.8) is 0 Å². The van der Waals surface area contributed by atoms with Crippen LogP contribution < -0.4 is 0 Å². The van der Waals surface area contributed by atoms with E-state index in [0.29, 0.717) is 6.61 Å². The first-order valence-corrected chi connectivity index (χ1v) is 19.8. The molecule has 0 saturated heterocycles. The van der Waals surface area contributed by atoms with Crippen LogP contribution in [0.4, 0.5) is 0 Å². The largest absolute Gasteiger partial charge is 0.437 e. The van der Waals surface area contributed by atoms with Crippen LogP contribution in [0.2, 0.25) is 65.0 Å². The first-order valence-electron chi connectivity index (χ1n) is 7.60. The van der Waals surface area contributed by atoms with Crippen molar-refractivity contribution in [2.75, 3.05) is 6.61 Å². The van der Waals surface area contributed by atoms with Crippen molar-refractivity contribution in [1.29, 1.82) is 0 Å². The van der Waals surface area contributed by atoms with E-state index in [4.69, 9.17) is 19.5 Å². The molecule has 0 spiro atoms. The van der Waals surface area contributed by atoms with Crippen LogP contribution in [0.15, 0.2) is 0 Å². The van der Waals surface area contributed by atoms with Crippen molar-refractivity contribution in [3.05, 3.63) is 7.11 Å². The summed E-state index contributed by atoms with van der Waals surface area (Å²) >= 11 is 0. The summed E-state index contributed by atoms with van der Waals surface area (Å²) in [5, 5.41) is 0. The summed E-state index contributed by atoms with van der Waals surface area (Å²) in [6.45, 7) is 20.2. The maximum absolute atomic E-state index is 6.53. The van der Waals surface area contributed by atoms with E-state index in [1.807, 2.05) is 0 Å². The maximum Gasteiger partial charge on any atom is 0.315 e. The fourth-order valence-corrected chi connectivity index (χ4v) is 20.5. The molecule has 126 valence electrons. The lowest BCUT2D eigenvalue weighted by Crippen LogP contribution is -2.56. The Labute approximate surface area is 136 Å². The van der Waals surface area contributed by atoms with Crippen molar-refractivity contribution in [1.82, 2.24) is 0 Å². The van der Waals surface area contributed by atoms with Crippen LogP contribution in [0.1, 0.15) is 6.42 Å². The first-order chi connectivity index (χ1) is 9.18. The molecule has 0 aromatic rings. The van der Waals surface area contributed by atoms with E-state index < -0.39 is 33.8 Å². The van der Waals surface area contributed by atoms with Gasteiger partial charge in [0.15, 0.2) is 16.6 Å². The summed E-state index contributed by atoms with van der Waals surface area (Å²) in [5.74, 6) is 0. The summed E-state index contributed by atoms with van der Waals surface area (Å²) in [5.41, 5.74) is 0. The highest BCUT2D eigenvalue weighted by atomic mass is 28.5. The normalized spacial score (nSPS) is 16.9. The average Bonchev–Trinajstić information content (AvgIpc) is 2.08. The van der Waals surface area contributed by atoms with E-state index in [1.54, 1.807) is 0 Å². The van der Waals surface area contributed by atoms with Gasteiger partial charge in [0.1, 0.15) is 7.11 Å². The van der Waals surface area contributed by atoms with Crippen molar-refractivity contribution in [2.45, 2.75) is 71.4 Å². The molecule has 0 aliphatic rings. The third-order valence-electron chi connectivity index (χ3n) is 2.43. The van der Waals surface area contributed by atoms with Crippen LogP contribution in [0, 0.1) is 7.11 Å². The highest BCUT2D eigenvalue weighted by molar-refractivity contribution is 6.89. The van der Waals surface area contributed by atoms with Crippen molar-refractivity contribution >= 4 is 33.8 Å². The summed E-state index contributed by atoms with van der Waals surface area (Å²) in [6, 6.07) is 0.889. The van der Waals surface area contributed by atoms with Crippen LogP contribution in [0.5, 0.6) is 0 Å². The second-order valence-electron chi connectivity index (χ2n) is 8.04. The Bertz CT molecular complexity index is 312. The molecule has 1 atom stereocenters. The van der Waals surface area contributed by atoms with Gasteiger partial charge in [-0.2, -0.15) is 0 Å². The lowest BCUT2D eigenvalue weighted by atomic mass is 10.5. The van der Waals surface area contributed by atoms with Gasteiger partial charge in [-0.1, -0.05) is 0 Å². The Morgan fingerprint density at radius 2 is 1.19 bits per heavy atom. The monoisotopic (exact) mass is 366 g/mol. The predicted molar refractivity (Wildman–Crippen MR) is 98.7 cm³/mol. The molecule has 0 aromatic carbocycles. The van der Waals surface area contributed by atoms with Gasteiger partial charge < -0.3 is 17.1 Å². The number of rotatable bonds is 10. The van der Waals surface area contributed by atoms with E-state index >= 15 is 0 Å². The fraction of sp³-hybridized carbons (Fsp3) is 0.923. The van der Waals surface area contributed by atoms with Gasteiger partial charge in [0.05, 0.1) is 0 Å². The fourth-order valence-electron chi connectivity index (χ4n) is 2.53. The highest BCUT2D eigenvalue weighted by Crippen LogP contribution is 2.27. The second kappa shape index (κ2) is 8.00. The molecule has 1 unspecified atom stereocenters. The van der Waals surface area contributed by atoms with Gasteiger partial charge in [0, 0.05) is 6.61 Å². The van der Waals surface area contributed by atoms with E-state index in [2.05, 4.69) is 63.7 Å². The molecule has 0 amide bonds. The molecule has 0 N–H and O–H groups in total. The van der Waals surface area contributed by atoms with Crippen molar-refractivity contribution in [3.8, 4) is 0 Å². The summed E-state index contributed by atoms with van der Waals surface area (Å²) in [4.78, 5) is 0. The Balaban J connectivity index is 4.95. The number of hydrogen-bond donors (Lipinski definition) is 0. The Morgan fingerprint density at radius 3 is 1.57 bits per heavy atom. The molecule has 0 aliphatic carbocycles. The molecule has 21 heavy (non-hydrogen) atoms. The maximum atomic E-state index is 6.53. The highest BCUT2D eigenvalue weighted by Gasteiger charge is 2.44. The summed E-state index contributed by atoms with van der Waals surface area (Å²) in [7, 11) is -2.62. The molecule has 0 bridgehead atoms. The first kappa shape index (κ1) is 21.7. The molecular formula is C13H34O4Si4. The van der Waals surface area contributed by atoms with Gasteiger partial charge in [-0.25, -0.2) is 0 Å². The van der Waals surface area contributed by atoms with E-state index in [9.17, 15) is 0 Å². The van der Waals surface area contributed by atoms with Gasteiger partial charge in [-0.15, -0.1) is 0 Å². The predicted octanol–water partition coefficient (Wildman–Crippen LogP) is 4.56. The SMILES string of the molecule is [CH]OCCC[Si](C)(O[Si](C)(C)C)O[Si](C)(C)O[Si](C)(C)C. The Kier molecular flexibility index (Phi) is 8.27. The Morgan fingerprint density at radius 1 is 0.714 bits per heavy atom. The second-order valence-corrected chi connectivity index (χ2v) is 24.5. The standard InChI is InChI=1S/C13H34O4Si4/c1-14-12-11-13-21(10,16-19(5,6)7)17-20(8,9)15-18(2,3)4/h1H,11-13H2,2-10H3. The van der Waals surface area contributed by atoms with Crippen LogP contribution in [0.3, 0.4) is 0 Å². The van der Waals surface area contributed by atoms with Gasteiger partial charge in [-0.3, -0.25) is 0 Å². The quantitative estimate of drug-likeness (QED) is 0.419. The number of ether oxygens (including phenoxy) is 1. The Hall–Kier alpha value is 0.708. The third kappa shape index (κ3) is 11.9. The van der Waals surface area contributed by atoms with Crippen molar-refractivity contribution in [2.24, 2.45) is 0 Å². The molecule has 0 aliphatic heterocycles. The topological polar surface area (TPSA) is 36.9 Å². The van der Waals surface area contributed by atoms with E-state index in [1.165, 1.54) is 0 Å². The van der Waals surface area contributed by atoms with E-state index in [0.717, 1.165) is 12.5 Å². The average molecular weight is 367 g/mol. The minimum atomic E-state index is -2.27. The molecule has 0 rings (SSSR count). The van der Waals surface area contributed by atoms with Gasteiger partial charge >= 0.3 is 17.1 Å². The van der Waals surface area contributed by atoms with Crippen molar-refractivity contribution < 1.29 is 17.1 Å². The summed E-state index contributed by atoms with van der Waals surface area (Å²) in [6.07, 6.45) is 0.862. The van der Waals surface area contributed by atoms with E-state index in [-0.39, 0.29) is 0 Å². The summed E-state index contributed by atoms with van der Waals surface area (Å²) < 4.78 is 24.0. The van der Waals surface area contributed by atoms with Crippen LogP contribution in [-0.4, -0.2) is 40.4 Å². The van der Waals surface area contributed by atoms with Gasteiger partial charge in [-0.05, 0) is 71.4 Å². The molecule has 0 heterocycles.